The van der Waals surface area contributed by atoms with E-state index in [1.807, 2.05) is 0 Å². The van der Waals surface area contributed by atoms with E-state index in [0.717, 1.165) is 6.21 Å². The fourth-order valence-corrected chi connectivity index (χ4v) is 0.862. The number of esters is 2. The van der Waals surface area contributed by atoms with Gasteiger partial charge in [0.05, 0.1) is 12.0 Å². The Kier molecular flexibility index (Phi) is 3.55. The summed E-state index contributed by atoms with van der Waals surface area (Å²) in [5.41, 5.74) is 0.325. The van der Waals surface area contributed by atoms with Crippen molar-refractivity contribution in [1.29, 1.82) is 5.41 Å². The van der Waals surface area contributed by atoms with E-state index in [2.05, 4.69) is 4.74 Å². The number of ether oxygens (including phenoxy) is 1. The monoisotopic (exact) mass is 191 g/mol. The lowest BCUT2D eigenvalue weighted by molar-refractivity contribution is -0.136. The van der Waals surface area contributed by atoms with Gasteiger partial charge in [-0.2, -0.15) is 0 Å². The third-order valence-corrected chi connectivity index (χ3v) is 1.48. The Morgan fingerprint density at radius 2 is 1.93 bits per heavy atom. The van der Waals surface area contributed by atoms with Gasteiger partial charge in [0.15, 0.2) is 0 Å². The Hall–Kier alpha value is -1.97. The molecule has 0 atom stereocenters. The molecule has 0 spiro atoms. The van der Waals surface area contributed by atoms with Crippen LogP contribution in [-0.2, 0) is 9.53 Å². The molecule has 72 valence electrons. The van der Waals surface area contributed by atoms with Crippen LogP contribution < -0.4 is 0 Å². The maximum Gasteiger partial charge on any atom is 0.345 e. The lowest BCUT2D eigenvalue weighted by Gasteiger charge is -1.99. The summed E-state index contributed by atoms with van der Waals surface area (Å²) in [5.74, 6) is -1.40. The number of nitrogens with one attached hydrogen (secondary N) is 1. The topological polar surface area (TPSA) is 67.2 Å². The number of carbonyl (C=O) groups is 2. The molecule has 1 aromatic carbocycles. The van der Waals surface area contributed by atoms with Gasteiger partial charge in [-0.05, 0) is 12.1 Å². The van der Waals surface area contributed by atoms with Gasteiger partial charge >= 0.3 is 11.9 Å². The van der Waals surface area contributed by atoms with Crippen LogP contribution >= 0.6 is 0 Å². The standard InChI is InChI=1S/C10H9NO3/c11-7-6-9(12)14-10(13)8-4-2-1-3-5-8/h1-5,7,11H,6H2. The Balaban J connectivity index is 2.59. The summed E-state index contributed by atoms with van der Waals surface area (Å²) in [4.78, 5) is 22.0. The molecule has 0 aliphatic rings. The molecule has 0 fully saturated rings. The van der Waals surface area contributed by atoms with E-state index in [1.165, 1.54) is 0 Å². The van der Waals surface area contributed by atoms with E-state index in [-0.39, 0.29) is 6.42 Å². The quantitative estimate of drug-likeness (QED) is 0.446. The van der Waals surface area contributed by atoms with Crippen molar-refractivity contribution in [3.8, 4) is 0 Å². The zero-order valence-electron chi connectivity index (χ0n) is 7.40. The van der Waals surface area contributed by atoms with Crippen molar-refractivity contribution in [2.24, 2.45) is 0 Å². The molecule has 4 nitrogen and oxygen atoms in total. The minimum Gasteiger partial charge on any atom is -0.389 e. The van der Waals surface area contributed by atoms with Crippen LogP contribution in [0.5, 0.6) is 0 Å². The molecule has 0 aromatic heterocycles. The number of carbonyl (C=O) groups excluding carboxylic acids is 2. The van der Waals surface area contributed by atoms with Crippen LogP contribution in [0.15, 0.2) is 30.3 Å². The highest BCUT2D eigenvalue weighted by Gasteiger charge is 2.10. The lowest BCUT2D eigenvalue weighted by atomic mass is 10.2. The highest BCUT2D eigenvalue weighted by Crippen LogP contribution is 2.01. The summed E-state index contributed by atoms with van der Waals surface area (Å²) < 4.78 is 4.45. The zero-order valence-corrected chi connectivity index (χ0v) is 7.40. The average Bonchev–Trinajstić information content (AvgIpc) is 2.19. The van der Waals surface area contributed by atoms with Gasteiger partial charge in [-0.25, -0.2) is 4.79 Å². The first-order valence-electron chi connectivity index (χ1n) is 4.03. The van der Waals surface area contributed by atoms with Gasteiger partial charge in [-0.3, -0.25) is 4.79 Å². The van der Waals surface area contributed by atoms with Crippen LogP contribution in [0.1, 0.15) is 16.8 Å². The third-order valence-electron chi connectivity index (χ3n) is 1.48. The Labute approximate surface area is 81.0 Å². The smallest absolute Gasteiger partial charge is 0.345 e. The van der Waals surface area contributed by atoms with Crippen molar-refractivity contribution in [2.75, 3.05) is 0 Å². The summed E-state index contributed by atoms with van der Waals surface area (Å²) in [6, 6.07) is 8.23. The van der Waals surface area contributed by atoms with Crippen LogP contribution in [0.3, 0.4) is 0 Å². The predicted octanol–water partition coefficient (Wildman–Crippen LogP) is 1.41. The van der Waals surface area contributed by atoms with Crippen LogP contribution in [0, 0.1) is 5.41 Å². The molecule has 0 saturated heterocycles. The summed E-state index contributed by atoms with van der Waals surface area (Å²) >= 11 is 0. The molecule has 1 aromatic rings. The highest BCUT2D eigenvalue weighted by molar-refractivity contribution is 5.99. The van der Waals surface area contributed by atoms with E-state index in [0.29, 0.717) is 5.56 Å². The molecule has 1 N–H and O–H groups in total. The molecule has 4 heteroatoms. The summed E-state index contributed by atoms with van der Waals surface area (Å²) in [5, 5.41) is 6.64. The normalized spacial score (nSPS) is 9.14. The van der Waals surface area contributed by atoms with E-state index < -0.39 is 11.9 Å². The van der Waals surface area contributed by atoms with Gasteiger partial charge in [0.25, 0.3) is 0 Å². The van der Waals surface area contributed by atoms with Gasteiger partial charge in [-0.1, -0.05) is 18.2 Å². The molecular formula is C10H9NO3. The molecular weight excluding hydrogens is 182 g/mol. The van der Waals surface area contributed by atoms with Gasteiger partial charge in [0.1, 0.15) is 0 Å². The summed E-state index contributed by atoms with van der Waals surface area (Å²) in [6.07, 6.45) is 0.708. The van der Waals surface area contributed by atoms with E-state index >= 15 is 0 Å². The Morgan fingerprint density at radius 3 is 2.50 bits per heavy atom. The fourth-order valence-electron chi connectivity index (χ4n) is 0.862. The van der Waals surface area contributed by atoms with Crippen molar-refractivity contribution >= 4 is 18.2 Å². The molecule has 0 aliphatic heterocycles. The third kappa shape index (κ3) is 2.82. The SMILES string of the molecule is N=CCC(=O)OC(=O)c1ccccc1. The maximum atomic E-state index is 11.2. The van der Waals surface area contributed by atoms with Crippen LogP contribution in [-0.4, -0.2) is 18.2 Å². The lowest BCUT2D eigenvalue weighted by Crippen LogP contribution is -2.12. The molecule has 0 amide bonds. The van der Waals surface area contributed by atoms with Gasteiger partial charge in [0.2, 0.25) is 0 Å². The maximum absolute atomic E-state index is 11.2. The number of hydrogen-bond acceptors (Lipinski definition) is 4. The number of benzene rings is 1. The van der Waals surface area contributed by atoms with Crippen LogP contribution in [0.4, 0.5) is 0 Å². The van der Waals surface area contributed by atoms with Gasteiger partial charge in [0, 0.05) is 6.21 Å². The Bertz CT molecular complexity index is 346. The van der Waals surface area contributed by atoms with E-state index in [9.17, 15) is 9.59 Å². The van der Waals surface area contributed by atoms with Crippen LogP contribution in [0.2, 0.25) is 0 Å². The number of hydrogen-bond donors (Lipinski definition) is 1. The predicted molar refractivity (Wildman–Crippen MR) is 50.3 cm³/mol. The summed E-state index contributed by atoms with van der Waals surface area (Å²) in [7, 11) is 0. The van der Waals surface area contributed by atoms with Crippen molar-refractivity contribution in [2.45, 2.75) is 6.42 Å². The molecule has 0 saturated carbocycles. The second-order valence-corrected chi connectivity index (χ2v) is 2.54. The first kappa shape index (κ1) is 10.1. The second kappa shape index (κ2) is 4.91. The largest absolute Gasteiger partial charge is 0.389 e. The molecule has 0 heterocycles. The van der Waals surface area contributed by atoms with Crippen LogP contribution in [0.25, 0.3) is 0 Å². The molecule has 14 heavy (non-hydrogen) atoms. The molecule has 0 aliphatic carbocycles. The first-order valence-corrected chi connectivity index (χ1v) is 4.03. The Morgan fingerprint density at radius 1 is 1.29 bits per heavy atom. The first-order chi connectivity index (χ1) is 6.74. The van der Waals surface area contributed by atoms with Crippen molar-refractivity contribution in [3.63, 3.8) is 0 Å². The van der Waals surface area contributed by atoms with Gasteiger partial charge < -0.3 is 10.1 Å². The fraction of sp³-hybridized carbons (Fsp3) is 0.100. The molecule has 0 unspecified atom stereocenters. The minimum absolute atomic E-state index is 0.182. The highest BCUT2D eigenvalue weighted by atomic mass is 16.6. The zero-order chi connectivity index (χ0) is 10.4. The van der Waals surface area contributed by atoms with E-state index in [4.69, 9.17) is 5.41 Å². The summed E-state index contributed by atoms with van der Waals surface area (Å²) in [6.45, 7) is 0. The van der Waals surface area contributed by atoms with Crippen molar-refractivity contribution in [3.05, 3.63) is 35.9 Å². The second-order valence-electron chi connectivity index (χ2n) is 2.54. The minimum atomic E-state index is -0.714. The van der Waals surface area contributed by atoms with Crippen molar-refractivity contribution in [1.82, 2.24) is 0 Å². The molecule has 0 bridgehead atoms. The molecule has 1 rings (SSSR count). The average molecular weight is 191 g/mol. The van der Waals surface area contributed by atoms with Crippen molar-refractivity contribution < 1.29 is 14.3 Å². The number of rotatable bonds is 3. The van der Waals surface area contributed by atoms with E-state index in [1.54, 1.807) is 30.3 Å². The van der Waals surface area contributed by atoms with Gasteiger partial charge in [-0.15, -0.1) is 0 Å². The molecule has 0 radical (unpaired) electrons.